The van der Waals surface area contributed by atoms with Crippen molar-refractivity contribution in [3.05, 3.63) is 30.4 Å². The second-order valence-corrected chi connectivity index (χ2v) is 5.07. The van der Waals surface area contributed by atoms with Gasteiger partial charge in [-0.2, -0.15) is 0 Å². The molecule has 0 saturated heterocycles. The number of carbonyl (C=O) groups excluding carboxylic acids is 2. The van der Waals surface area contributed by atoms with Crippen LogP contribution in [-0.4, -0.2) is 18.9 Å². The maximum Gasteiger partial charge on any atom is 0.227 e. The monoisotopic (exact) mass is 288 g/mol. The molecule has 1 aromatic rings. The Morgan fingerprint density at radius 2 is 2.05 bits per heavy atom. The van der Waals surface area contributed by atoms with Crippen LogP contribution in [0.3, 0.4) is 0 Å². The fourth-order valence-corrected chi connectivity index (χ4v) is 2.35. The molecule has 2 rings (SSSR count). The van der Waals surface area contributed by atoms with E-state index in [0.29, 0.717) is 17.1 Å². The van der Waals surface area contributed by atoms with Crippen LogP contribution in [0.2, 0.25) is 0 Å². The maximum atomic E-state index is 12.3. The molecule has 1 atom stereocenters. The number of hydrogen-bond donors (Lipinski definition) is 2. The number of allylic oxidation sites excluding steroid dienone is 2. The topological polar surface area (TPSA) is 67.4 Å². The molecule has 1 unspecified atom stereocenters. The molecule has 0 aromatic heterocycles. The molecule has 0 saturated carbocycles. The quantitative estimate of drug-likeness (QED) is 0.837. The second kappa shape index (κ2) is 6.92. The van der Waals surface area contributed by atoms with Crippen molar-refractivity contribution in [2.24, 2.45) is 5.92 Å². The van der Waals surface area contributed by atoms with E-state index in [-0.39, 0.29) is 17.7 Å². The molecule has 1 aliphatic rings. The Morgan fingerprint density at radius 3 is 2.67 bits per heavy atom. The number of amides is 2. The van der Waals surface area contributed by atoms with E-state index >= 15 is 0 Å². The highest BCUT2D eigenvalue weighted by molar-refractivity contribution is 5.96. The smallest absolute Gasteiger partial charge is 0.227 e. The van der Waals surface area contributed by atoms with Crippen molar-refractivity contribution in [3.8, 4) is 5.75 Å². The zero-order valence-corrected chi connectivity index (χ0v) is 12.3. The lowest BCUT2D eigenvalue weighted by molar-refractivity contribution is -0.120. The van der Waals surface area contributed by atoms with Gasteiger partial charge in [-0.05, 0) is 37.5 Å². The van der Waals surface area contributed by atoms with Gasteiger partial charge in [-0.15, -0.1) is 0 Å². The standard InChI is InChI=1S/C16H20N2O3/c1-11(19)17-13-8-9-15(21-2)14(10-13)18-16(20)12-6-4-3-5-7-12/h3-4,8-10,12H,5-7H2,1-2H3,(H,17,19)(H,18,20). The summed E-state index contributed by atoms with van der Waals surface area (Å²) in [7, 11) is 1.55. The van der Waals surface area contributed by atoms with Crippen LogP contribution in [0.4, 0.5) is 11.4 Å². The van der Waals surface area contributed by atoms with E-state index in [1.165, 1.54) is 6.92 Å². The molecular weight excluding hydrogens is 268 g/mol. The van der Waals surface area contributed by atoms with Crippen LogP contribution in [0.5, 0.6) is 5.75 Å². The van der Waals surface area contributed by atoms with E-state index in [4.69, 9.17) is 4.74 Å². The van der Waals surface area contributed by atoms with E-state index in [0.717, 1.165) is 19.3 Å². The lowest BCUT2D eigenvalue weighted by Gasteiger charge is -2.19. The summed E-state index contributed by atoms with van der Waals surface area (Å²) in [5.74, 6) is 0.389. The van der Waals surface area contributed by atoms with Gasteiger partial charge < -0.3 is 15.4 Å². The van der Waals surface area contributed by atoms with Crippen molar-refractivity contribution in [1.82, 2.24) is 0 Å². The third-order valence-corrected chi connectivity index (χ3v) is 3.42. The van der Waals surface area contributed by atoms with Crippen LogP contribution in [0.15, 0.2) is 30.4 Å². The maximum absolute atomic E-state index is 12.3. The van der Waals surface area contributed by atoms with Gasteiger partial charge in [0, 0.05) is 18.5 Å². The largest absolute Gasteiger partial charge is 0.495 e. The highest BCUT2D eigenvalue weighted by atomic mass is 16.5. The second-order valence-electron chi connectivity index (χ2n) is 5.07. The van der Waals surface area contributed by atoms with Gasteiger partial charge in [0.25, 0.3) is 0 Å². The van der Waals surface area contributed by atoms with Gasteiger partial charge in [-0.3, -0.25) is 9.59 Å². The van der Waals surface area contributed by atoms with Gasteiger partial charge in [0.1, 0.15) is 5.75 Å². The van der Waals surface area contributed by atoms with Crippen molar-refractivity contribution in [2.45, 2.75) is 26.2 Å². The van der Waals surface area contributed by atoms with E-state index < -0.39 is 0 Å². The summed E-state index contributed by atoms with van der Waals surface area (Å²) in [6.45, 7) is 1.44. The Bertz CT molecular complexity index is 567. The number of nitrogens with one attached hydrogen (secondary N) is 2. The number of hydrogen-bond acceptors (Lipinski definition) is 3. The van der Waals surface area contributed by atoms with E-state index in [1.807, 2.05) is 6.08 Å². The Morgan fingerprint density at radius 1 is 1.24 bits per heavy atom. The van der Waals surface area contributed by atoms with Gasteiger partial charge in [0.2, 0.25) is 11.8 Å². The molecule has 0 fully saturated rings. The molecule has 0 radical (unpaired) electrons. The van der Waals surface area contributed by atoms with Gasteiger partial charge in [-0.25, -0.2) is 0 Å². The summed E-state index contributed by atoms with van der Waals surface area (Å²) in [6, 6.07) is 5.16. The molecular formula is C16H20N2O3. The number of carbonyl (C=O) groups is 2. The summed E-state index contributed by atoms with van der Waals surface area (Å²) in [4.78, 5) is 23.4. The molecule has 0 spiro atoms. The number of benzene rings is 1. The van der Waals surface area contributed by atoms with Gasteiger partial charge in [0.15, 0.2) is 0 Å². The normalized spacial score (nSPS) is 17.1. The number of methoxy groups -OCH3 is 1. The Kier molecular flexibility index (Phi) is 4.98. The molecule has 5 nitrogen and oxygen atoms in total. The number of rotatable bonds is 4. The molecule has 1 aromatic carbocycles. The van der Waals surface area contributed by atoms with Crippen LogP contribution >= 0.6 is 0 Å². The predicted octanol–water partition coefficient (Wildman–Crippen LogP) is 2.95. The minimum atomic E-state index is -0.158. The molecule has 2 amide bonds. The van der Waals surface area contributed by atoms with Crippen molar-refractivity contribution in [1.29, 1.82) is 0 Å². The summed E-state index contributed by atoms with van der Waals surface area (Å²) in [6.07, 6.45) is 6.69. The predicted molar refractivity (Wildman–Crippen MR) is 82.4 cm³/mol. The molecule has 0 heterocycles. The third-order valence-electron chi connectivity index (χ3n) is 3.42. The van der Waals surface area contributed by atoms with Crippen molar-refractivity contribution >= 4 is 23.2 Å². The molecule has 21 heavy (non-hydrogen) atoms. The Labute approximate surface area is 124 Å². The average molecular weight is 288 g/mol. The number of anilines is 2. The van der Waals surface area contributed by atoms with E-state index in [9.17, 15) is 9.59 Å². The highest BCUT2D eigenvalue weighted by Crippen LogP contribution is 2.29. The van der Waals surface area contributed by atoms with Crippen LogP contribution in [0, 0.1) is 5.92 Å². The molecule has 2 N–H and O–H groups in total. The summed E-state index contributed by atoms with van der Waals surface area (Å²) in [5, 5.41) is 5.59. The summed E-state index contributed by atoms with van der Waals surface area (Å²) in [5.41, 5.74) is 1.20. The fraction of sp³-hybridized carbons (Fsp3) is 0.375. The van der Waals surface area contributed by atoms with Crippen LogP contribution in [0.1, 0.15) is 26.2 Å². The molecule has 1 aliphatic carbocycles. The first-order valence-electron chi connectivity index (χ1n) is 7.01. The zero-order valence-electron chi connectivity index (χ0n) is 12.3. The van der Waals surface area contributed by atoms with Gasteiger partial charge in [0.05, 0.1) is 12.8 Å². The zero-order chi connectivity index (χ0) is 15.2. The average Bonchev–Trinajstić information content (AvgIpc) is 2.48. The lowest BCUT2D eigenvalue weighted by Crippen LogP contribution is -2.23. The van der Waals surface area contributed by atoms with Crippen molar-refractivity contribution in [3.63, 3.8) is 0 Å². The Hall–Kier alpha value is -2.30. The van der Waals surface area contributed by atoms with Crippen LogP contribution in [-0.2, 0) is 9.59 Å². The third kappa shape index (κ3) is 4.08. The molecule has 0 bridgehead atoms. The van der Waals surface area contributed by atoms with Crippen molar-refractivity contribution in [2.75, 3.05) is 17.7 Å². The fourth-order valence-electron chi connectivity index (χ4n) is 2.35. The minimum Gasteiger partial charge on any atom is -0.495 e. The van der Waals surface area contributed by atoms with E-state index in [2.05, 4.69) is 16.7 Å². The summed E-state index contributed by atoms with van der Waals surface area (Å²) >= 11 is 0. The molecule has 112 valence electrons. The van der Waals surface area contributed by atoms with Gasteiger partial charge >= 0.3 is 0 Å². The first-order valence-corrected chi connectivity index (χ1v) is 7.01. The van der Waals surface area contributed by atoms with Gasteiger partial charge in [-0.1, -0.05) is 12.2 Å². The molecule has 0 aliphatic heterocycles. The molecule has 5 heteroatoms. The highest BCUT2D eigenvalue weighted by Gasteiger charge is 2.20. The first kappa shape index (κ1) is 15.1. The summed E-state index contributed by atoms with van der Waals surface area (Å²) < 4.78 is 5.25. The first-order chi connectivity index (χ1) is 10.1. The van der Waals surface area contributed by atoms with Crippen LogP contribution < -0.4 is 15.4 Å². The number of ether oxygens (including phenoxy) is 1. The van der Waals surface area contributed by atoms with Crippen LogP contribution in [0.25, 0.3) is 0 Å². The van der Waals surface area contributed by atoms with E-state index in [1.54, 1.807) is 25.3 Å². The minimum absolute atomic E-state index is 0.0101. The Balaban J connectivity index is 2.14. The van der Waals surface area contributed by atoms with Crippen molar-refractivity contribution < 1.29 is 14.3 Å². The lowest BCUT2D eigenvalue weighted by atomic mass is 9.93. The SMILES string of the molecule is COc1ccc(NC(C)=O)cc1NC(=O)C1CC=CCC1.